The maximum atomic E-state index is 12.8. The molecular weight excluding hydrogens is 398 g/mol. The molecule has 0 saturated carbocycles. The van der Waals surface area contributed by atoms with Crippen molar-refractivity contribution in [1.82, 2.24) is 24.0 Å². The largest absolute Gasteiger partial charge is 0.339 e. The summed E-state index contributed by atoms with van der Waals surface area (Å²) in [5.41, 5.74) is 1.01. The molecule has 0 atom stereocenters. The van der Waals surface area contributed by atoms with Crippen LogP contribution in [0.15, 0.2) is 40.6 Å². The molecule has 0 N–H and O–H groups in total. The molecule has 2 aromatic rings. The van der Waals surface area contributed by atoms with Crippen LogP contribution < -0.4 is 0 Å². The Morgan fingerprint density at radius 3 is 2.39 bits per heavy atom. The van der Waals surface area contributed by atoms with E-state index in [-0.39, 0.29) is 17.7 Å². The van der Waals surface area contributed by atoms with Crippen LogP contribution in [0.4, 0.5) is 0 Å². The lowest BCUT2D eigenvalue weighted by Gasteiger charge is -2.34. The smallest absolute Gasteiger partial charge is 0.243 e. The van der Waals surface area contributed by atoms with E-state index < -0.39 is 10.0 Å². The zero-order valence-electron chi connectivity index (χ0n) is 16.3. The zero-order chi connectivity index (χ0) is 20.3. The van der Waals surface area contributed by atoms with Crippen LogP contribution in [0.25, 0.3) is 0 Å². The summed E-state index contributed by atoms with van der Waals surface area (Å²) in [6.45, 7) is 7.36. The molecule has 0 aliphatic carbocycles. The van der Waals surface area contributed by atoms with Gasteiger partial charge in [-0.3, -0.25) is 4.79 Å². The zero-order valence-corrected chi connectivity index (χ0v) is 17.9. The number of piperazine rings is 1. The van der Waals surface area contributed by atoms with E-state index in [1.54, 1.807) is 35.5 Å². The van der Waals surface area contributed by atoms with Gasteiger partial charge in [-0.25, -0.2) is 8.42 Å². The Balaban J connectivity index is 1.55. The maximum absolute atomic E-state index is 12.8. The summed E-state index contributed by atoms with van der Waals surface area (Å²) in [5, 5.41) is 8.67. The van der Waals surface area contributed by atoms with E-state index in [4.69, 9.17) is 0 Å². The van der Waals surface area contributed by atoms with Crippen molar-refractivity contribution in [3.8, 4) is 0 Å². The number of rotatable bonds is 6. The van der Waals surface area contributed by atoms with Crippen LogP contribution in [0.2, 0.25) is 0 Å². The second-order valence-electron chi connectivity index (χ2n) is 7.00. The normalized spacial score (nSPS) is 15.9. The van der Waals surface area contributed by atoms with Crippen LogP contribution >= 0.6 is 11.8 Å². The van der Waals surface area contributed by atoms with Crippen LogP contribution in [0, 0.1) is 6.92 Å². The summed E-state index contributed by atoms with van der Waals surface area (Å²) in [6.07, 6.45) is 1.66. The average molecular weight is 424 g/mol. The average Bonchev–Trinajstić information content (AvgIpc) is 3.15. The highest BCUT2D eigenvalue weighted by Crippen LogP contribution is 2.21. The fraction of sp³-hybridized carbons (Fsp3) is 0.500. The quantitative estimate of drug-likeness (QED) is 0.658. The Morgan fingerprint density at radius 2 is 1.79 bits per heavy atom. The summed E-state index contributed by atoms with van der Waals surface area (Å²) >= 11 is 1.35. The molecular formula is C18H25N5O3S2. The molecule has 0 radical (unpaired) electrons. The Hall–Kier alpha value is -1.91. The molecule has 10 heteroatoms. The van der Waals surface area contributed by atoms with Crippen molar-refractivity contribution in [1.29, 1.82) is 0 Å². The second kappa shape index (κ2) is 8.62. The van der Waals surface area contributed by atoms with Crippen molar-refractivity contribution < 1.29 is 13.2 Å². The van der Waals surface area contributed by atoms with Crippen molar-refractivity contribution in [2.24, 2.45) is 0 Å². The minimum Gasteiger partial charge on any atom is -0.339 e. The summed E-state index contributed by atoms with van der Waals surface area (Å²) in [4.78, 5) is 14.5. The van der Waals surface area contributed by atoms with Gasteiger partial charge in [-0.2, -0.15) is 4.31 Å². The van der Waals surface area contributed by atoms with Gasteiger partial charge in [0.25, 0.3) is 0 Å². The molecule has 8 nitrogen and oxygen atoms in total. The number of benzene rings is 1. The first-order valence-electron chi connectivity index (χ1n) is 9.16. The van der Waals surface area contributed by atoms with Crippen molar-refractivity contribution in [3.63, 3.8) is 0 Å². The number of amides is 1. The fourth-order valence-corrected chi connectivity index (χ4v) is 5.31. The van der Waals surface area contributed by atoms with Gasteiger partial charge in [0, 0.05) is 32.2 Å². The molecule has 28 heavy (non-hydrogen) atoms. The highest BCUT2D eigenvalue weighted by molar-refractivity contribution is 7.99. The number of nitrogens with zero attached hydrogens (tertiary/aromatic N) is 5. The van der Waals surface area contributed by atoms with Crippen LogP contribution in [-0.2, 0) is 14.8 Å². The first kappa shape index (κ1) is 20.8. The highest BCUT2D eigenvalue weighted by atomic mass is 32.2. The number of thioether (sulfide) groups is 1. The van der Waals surface area contributed by atoms with Crippen LogP contribution in [0.5, 0.6) is 0 Å². The van der Waals surface area contributed by atoms with Gasteiger partial charge in [-0.15, -0.1) is 10.2 Å². The molecule has 2 heterocycles. The van der Waals surface area contributed by atoms with Gasteiger partial charge in [0.15, 0.2) is 5.16 Å². The van der Waals surface area contributed by atoms with Gasteiger partial charge < -0.3 is 9.47 Å². The molecule has 0 spiro atoms. The van der Waals surface area contributed by atoms with E-state index in [0.717, 1.165) is 5.56 Å². The van der Waals surface area contributed by atoms with Gasteiger partial charge in [0.05, 0.1) is 10.6 Å². The number of hydrogen-bond donors (Lipinski definition) is 0. The molecule has 1 amide bonds. The summed E-state index contributed by atoms with van der Waals surface area (Å²) < 4.78 is 28.9. The van der Waals surface area contributed by atoms with Gasteiger partial charge >= 0.3 is 0 Å². The van der Waals surface area contributed by atoms with Crippen molar-refractivity contribution in [2.75, 3.05) is 31.9 Å². The van der Waals surface area contributed by atoms with E-state index in [1.807, 2.05) is 25.3 Å². The highest BCUT2D eigenvalue weighted by Gasteiger charge is 2.30. The van der Waals surface area contributed by atoms with Crippen LogP contribution in [0.3, 0.4) is 0 Å². The maximum Gasteiger partial charge on any atom is 0.243 e. The summed E-state index contributed by atoms with van der Waals surface area (Å²) in [7, 11) is -3.52. The second-order valence-corrected chi connectivity index (χ2v) is 9.88. The van der Waals surface area contributed by atoms with Gasteiger partial charge in [-0.05, 0) is 32.9 Å². The molecule has 1 aromatic carbocycles. The van der Waals surface area contributed by atoms with E-state index in [9.17, 15) is 13.2 Å². The number of aromatic nitrogens is 3. The molecule has 3 rings (SSSR count). The fourth-order valence-electron chi connectivity index (χ4n) is 2.94. The van der Waals surface area contributed by atoms with E-state index in [0.29, 0.717) is 36.2 Å². The van der Waals surface area contributed by atoms with Crippen LogP contribution in [-0.4, -0.2) is 70.2 Å². The molecule has 1 fully saturated rings. The minimum absolute atomic E-state index is 0.0179. The Labute approximate surface area is 170 Å². The van der Waals surface area contributed by atoms with Gasteiger partial charge in [0.1, 0.15) is 6.33 Å². The lowest BCUT2D eigenvalue weighted by Crippen LogP contribution is -2.50. The lowest BCUT2D eigenvalue weighted by molar-refractivity contribution is -0.129. The van der Waals surface area contributed by atoms with E-state index in [1.165, 1.54) is 16.1 Å². The van der Waals surface area contributed by atoms with Crippen molar-refractivity contribution in [3.05, 3.63) is 36.2 Å². The number of carbonyl (C=O) groups is 1. The SMILES string of the molecule is Cc1ccc(S(=O)(=O)N2CCN(C(=O)CSc3nncn3C(C)C)CC2)cc1. The van der Waals surface area contributed by atoms with E-state index in [2.05, 4.69) is 10.2 Å². The van der Waals surface area contributed by atoms with Crippen molar-refractivity contribution in [2.45, 2.75) is 36.9 Å². The molecule has 1 aliphatic rings. The van der Waals surface area contributed by atoms with Gasteiger partial charge in [-0.1, -0.05) is 29.5 Å². The monoisotopic (exact) mass is 423 g/mol. The minimum atomic E-state index is -3.52. The number of hydrogen-bond acceptors (Lipinski definition) is 6. The molecule has 1 saturated heterocycles. The first-order valence-corrected chi connectivity index (χ1v) is 11.6. The molecule has 1 aliphatic heterocycles. The first-order chi connectivity index (χ1) is 13.3. The molecule has 152 valence electrons. The third kappa shape index (κ3) is 4.56. The lowest BCUT2D eigenvalue weighted by atomic mass is 10.2. The predicted octanol–water partition coefficient (Wildman–Crippen LogP) is 1.79. The number of carbonyl (C=O) groups excluding carboxylic acids is 1. The Bertz CT molecular complexity index is 917. The summed E-state index contributed by atoms with van der Waals surface area (Å²) in [6, 6.07) is 7.07. The molecule has 0 bridgehead atoms. The molecule has 1 aromatic heterocycles. The Kier molecular flexibility index (Phi) is 6.41. The third-order valence-corrected chi connectivity index (χ3v) is 7.53. The third-order valence-electron chi connectivity index (χ3n) is 4.67. The Morgan fingerprint density at radius 1 is 1.14 bits per heavy atom. The standard InChI is InChI=1S/C18H25N5O3S2/c1-14(2)23-13-19-20-18(23)27-12-17(24)21-8-10-22(11-9-21)28(25,26)16-6-4-15(3)5-7-16/h4-7,13-14H,8-12H2,1-3H3. The van der Waals surface area contributed by atoms with Gasteiger partial charge in [0.2, 0.25) is 15.9 Å². The topological polar surface area (TPSA) is 88.4 Å². The molecule has 0 unspecified atom stereocenters. The number of sulfonamides is 1. The van der Waals surface area contributed by atoms with Crippen LogP contribution in [0.1, 0.15) is 25.5 Å². The summed E-state index contributed by atoms with van der Waals surface area (Å²) in [5.74, 6) is 0.242. The predicted molar refractivity (Wildman–Crippen MR) is 108 cm³/mol. The van der Waals surface area contributed by atoms with E-state index >= 15 is 0 Å². The number of aryl methyl sites for hydroxylation is 1. The van der Waals surface area contributed by atoms with Crippen molar-refractivity contribution >= 4 is 27.7 Å².